The van der Waals surface area contributed by atoms with E-state index in [1.165, 1.54) is 6.08 Å². The Bertz CT molecular complexity index is 1580. The Labute approximate surface area is 227 Å². The van der Waals surface area contributed by atoms with E-state index in [4.69, 9.17) is 28.5 Å². The lowest BCUT2D eigenvalue weighted by Gasteiger charge is -2.29. The van der Waals surface area contributed by atoms with Crippen molar-refractivity contribution in [2.75, 3.05) is 13.7 Å². The van der Waals surface area contributed by atoms with Crippen LogP contribution in [0, 0.1) is 0 Å². The van der Waals surface area contributed by atoms with Crippen molar-refractivity contribution in [2.24, 2.45) is 0 Å². The van der Waals surface area contributed by atoms with E-state index < -0.39 is 11.6 Å². The summed E-state index contributed by atoms with van der Waals surface area (Å²) < 4.78 is 30.4. The van der Waals surface area contributed by atoms with E-state index in [-0.39, 0.29) is 34.9 Å². The second-order valence-electron chi connectivity index (χ2n) is 10.4. The maximum absolute atomic E-state index is 14.3. The van der Waals surface area contributed by atoms with Crippen LogP contribution in [0.2, 0.25) is 0 Å². The van der Waals surface area contributed by atoms with E-state index in [1.807, 2.05) is 59.8 Å². The molecule has 4 rings (SSSR count). The van der Waals surface area contributed by atoms with Gasteiger partial charge < -0.3 is 28.5 Å². The lowest BCUT2D eigenvalue weighted by atomic mass is 9.97. The normalized spacial score (nSPS) is 13.9. The Balaban J connectivity index is 2.09. The summed E-state index contributed by atoms with van der Waals surface area (Å²) in [4.78, 5) is 25.3. The van der Waals surface area contributed by atoms with Crippen LogP contribution in [0.25, 0.3) is 28.0 Å². The van der Waals surface area contributed by atoms with Crippen molar-refractivity contribution in [3.63, 3.8) is 0 Å². The summed E-state index contributed by atoms with van der Waals surface area (Å²) in [5.41, 5.74) is 2.06. The predicted octanol–water partition coefficient (Wildman–Crippen LogP) is 6.45. The van der Waals surface area contributed by atoms with Crippen LogP contribution in [0.3, 0.4) is 0 Å². The van der Waals surface area contributed by atoms with Gasteiger partial charge in [-0.3, -0.25) is 4.79 Å². The zero-order chi connectivity index (χ0) is 28.5. The number of methoxy groups -OCH3 is 1. The van der Waals surface area contributed by atoms with E-state index in [1.54, 1.807) is 19.2 Å². The molecule has 2 heterocycles. The summed E-state index contributed by atoms with van der Waals surface area (Å²) in [6, 6.07) is 3.38. The number of ether oxygens (including phenoxy) is 4. The number of carboxylic acids is 1. The van der Waals surface area contributed by atoms with Gasteiger partial charge in [-0.15, -0.1) is 0 Å². The van der Waals surface area contributed by atoms with Gasteiger partial charge in [-0.2, -0.15) is 0 Å². The summed E-state index contributed by atoms with van der Waals surface area (Å²) >= 11 is 0. The standard InChI is InChI=1S/C31H34O8/c1-17(2)10-11-20-26-22(16-24(29(20)35-7)37-18(3)4)38-23-15-21-19(12-13-31(5,6)39-21)30(27(23)28(26)34)36-14-8-9-25(32)33/h8-10,12-13,15-16,18H,11,14H2,1-7H3,(H,32,33)/b9-8+. The molecule has 8 heteroatoms. The summed E-state index contributed by atoms with van der Waals surface area (Å²) in [5, 5.41) is 9.57. The van der Waals surface area contributed by atoms with Crippen LogP contribution in [0.1, 0.15) is 52.7 Å². The van der Waals surface area contributed by atoms with Gasteiger partial charge >= 0.3 is 5.97 Å². The number of fused-ring (bicyclic) bond motifs is 3. The Morgan fingerprint density at radius 1 is 1.13 bits per heavy atom. The maximum Gasteiger partial charge on any atom is 0.328 e. The molecule has 0 bridgehead atoms. The van der Waals surface area contributed by atoms with Gasteiger partial charge in [0.05, 0.1) is 24.2 Å². The SMILES string of the molecule is COc1c(OC(C)C)cc2oc3cc4c(c(OC/C=C/C(=O)O)c3c(=O)c2c1CC=C(C)C)C=CC(C)(C)O4. The number of hydrogen-bond donors (Lipinski definition) is 1. The minimum Gasteiger partial charge on any atom is -0.493 e. The minimum absolute atomic E-state index is 0.0678. The number of allylic oxidation sites excluding steroid dienone is 2. The number of rotatable bonds is 9. The van der Waals surface area contributed by atoms with Gasteiger partial charge in [0.1, 0.15) is 40.3 Å². The highest BCUT2D eigenvalue weighted by molar-refractivity contribution is 5.99. The van der Waals surface area contributed by atoms with E-state index in [0.717, 1.165) is 11.6 Å². The molecule has 3 aromatic rings. The second-order valence-corrected chi connectivity index (χ2v) is 10.4. The zero-order valence-corrected chi connectivity index (χ0v) is 23.3. The van der Waals surface area contributed by atoms with E-state index >= 15 is 0 Å². The summed E-state index contributed by atoms with van der Waals surface area (Å²) in [6.07, 6.45) is 8.39. The average Bonchev–Trinajstić information content (AvgIpc) is 2.83. The van der Waals surface area contributed by atoms with Gasteiger partial charge in [-0.1, -0.05) is 11.6 Å². The van der Waals surface area contributed by atoms with Gasteiger partial charge in [-0.05, 0) is 66.2 Å². The van der Waals surface area contributed by atoms with Crippen LogP contribution in [0.4, 0.5) is 0 Å². The van der Waals surface area contributed by atoms with Crippen molar-refractivity contribution < 1.29 is 33.3 Å². The van der Waals surface area contributed by atoms with E-state index in [0.29, 0.717) is 45.8 Å². The third-order valence-corrected chi connectivity index (χ3v) is 6.12. The van der Waals surface area contributed by atoms with Gasteiger partial charge in [0, 0.05) is 23.8 Å². The molecule has 1 aliphatic heterocycles. The molecular formula is C31H34O8. The lowest BCUT2D eigenvalue weighted by Crippen LogP contribution is -2.27. The highest BCUT2D eigenvalue weighted by atomic mass is 16.5. The smallest absolute Gasteiger partial charge is 0.328 e. The topological polar surface area (TPSA) is 104 Å². The zero-order valence-electron chi connectivity index (χ0n) is 23.3. The Morgan fingerprint density at radius 3 is 2.49 bits per heavy atom. The van der Waals surface area contributed by atoms with Crippen molar-refractivity contribution in [1.82, 2.24) is 0 Å². The fraction of sp³-hybridized carbons (Fsp3) is 0.355. The second kappa shape index (κ2) is 10.9. The molecule has 1 aromatic heterocycles. The number of hydrogen-bond acceptors (Lipinski definition) is 7. The molecule has 0 radical (unpaired) electrons. The molecule has 1 N–H and O–H groups in total. The Kier molecular flexibility index (Phi) is 7.77. The molecule has 0 unspecified atom stereocenters. The number of aliphatic carboxylic acids is 1. The molecule has 8 nitrogen and oxygen atoms in total. The first-order valence-corrected chi connectivity index (χ1v) is 12.8. The van der Waals surface area contributed by atoms with Crippen LogP contribution < -0.4 is 24.4 Å². The lowest BCUT2D eigenvalue weighted by molar-refractivity contribution is -0.131. The molecule has 0 amide bonds. The molecule has 206 valence electrons. The Morgan fingerprint density at radius 2 is 1.85 bits per heavy atom. The molecule has 0 aliphatic carbocycles. The molecule has 2 aromatic carbocycles. The number of carbonyl (C=O) groups is 1. The molecule has 0 spiro atoms. The molecule has 0 saturated heterocycles. The van der Waals surface area contributed by atoms with Crippen LogP contribution in [-0.4, -0.2) is 36.5 Å². The van der Waals surface area contributed by atoms with E-state index in [9.17, 15) is 9.59 Å². The first-order chi connectivity index (χ1) is 18.4. The molecule has 0 atom stereocenters. The van der Waals surface area contributed by atoms with Crippen LogP contribution in [0.15, 0.2) is 51.2 Å². The van der Waals surface area contributed by atoms with Crippen molar-refractivity contribution in [1.29, 1.82) is 0 Å². The summed E-state index contributed by atoms with van der Waals surface area (Å²) in [7, 11) is 1.55. The van der Waals surface area contributed by atoms with Crippen LogP contribution in [0.5, 0.6) is 23.0 Å². The summed E-state index contributed by atoms with van der Waals surface area (Å²) in [5.74, 6) is 0.606. The van der Waals surface area contributed by atoms with Gasteiger partial charge in [-0.25, -0.2) is 4.79 Å². The predicted molar refractivity (Wildman–Crippen MR) is 151 cm³/mol. The highest BCUT2D eigenvalue weighted by Gasteiger charge is 2.29. The monoisotopic (exact) mass is 534 g/mol. The third-order valence-electron chi connectivity index (χ3n) is 6.12. The van der Waals surface area contributed by atoms with Gasteiger partial charge in [0.15, 0.2) is 11.5 Å². The fourth-order valence-electron chi connectivity index (χ4n) is 4.50. The largest absolute Gasteiger partial charge is 0.493 e. The Hall–Kier alpha value is -4.20. The molecule has 0 fully saturated rings. The van der Waals surface area contributed by atoms with Crippen molar-refractivity contribution in [2.45, 2.75) is 59.7 Å². The average molecular weight is 535 g/mol. The fourth-order valence-corrected chi connectivity index (χ4v) is 4.50. The number of carboxylic acid groups (broad SMARTS) is 1. The van der Waals surface area contributed by atoms with Crippen molar-refractivity contribution in [3.8, 4) is 23.0 Å². The molecule has 39 heavy (non-hydrogen) atoms. The molecular weight excluding hydrogens is 500 g/mol. The summed E-state index contributed by atoms with van der Waals surface area (Å²) in [6.45, 7) is 11.6. The van der Waals surface area contributed by atoms with Crippen LogP contribution >= 0.6 is 0 Å². The van der Waals surface area contributed by atoms with Crippen molar-refractivity contribution >= 4 is 34.0 Å². The van der Waals surface area contributed by atoms with Gasteiger partial charge in [0.25, 0.3) is 0 Å². The quantitative estimate of drug-likeness (QED) is 0.190. The van der Waals surface area contributed by atoms with E-state index in [2.05, 4.69) is 0 Å². The first-order valence-electron chi connectivity index (χ1n) is 12.8. The van der Waals surface area contributed by atoms with Gasteiger partial charge in [0.2, 0.25) is 5.43 Å². The molecule has 1 aliphatic rings. The number of benzene rings is 2. The molecule has 0 saturated carbocycles. The third kappa shape index (κ3) is 5.79. The maximum atomic E-state index is 14.3. The van der Waals surface area contributed by atoms with Crippen molar-refractivity contribution in [3.05, 3.63) is 63.4 Å². The highest BCUT2D eigenvalue weighted by Crippen LogP contribution is 2.44. The first kappa shape index (κ1) is 27.8. The minimum atomic E-state index is -1.09. The van der Waals surface area contributed by atoms with Crippen LogP contribution in [-0.2, 0) is 11.2 Å².